The summed E-state index contributed by atoms with van der Waals surface area (Å²) in [6.07, 6.45) is 0. The zero-order chi connectivity index (χ0) is 10.3. The topological polar surface area (TPSA) is 55.9 Å². The average Bonchev–Trinajstić information content (AvgIpc) is 2.42. The number of aromatic nitrogens is 2. The van der Waals surface area contributed by atoms with E-state index in [0.717, 1.165) is 12.1 Å². The first-order valence-corrected chi connectivity index (χ1v) is 3.91. The Balaban J connectivity index is 2.85. The zero-order valence-electron chi connectivity index (χ0n) is 7.38. The van der Waals surface area contributed by atoms with Crippen LogP contribution in [0.5, 0.6) is 0 Å². The number of hydrogen-bond donors (Lipinski definition) is 2. The Kier molecular flexibility index (Phi) is 1.85. The van der Waals surface area contributed by atoms with E-state index in [4.69, 9.17) is 5.84 Å². The second-order valence-electron chi connectivity index (χ2n) is 2.89. The van der Waals surface area contributed by atoms with Crippen LogP contribution in [0.1, 0.15) is 0 Å². The van der Waals surface area contributed by atoms with Gasteiger partial charge in [-0.3, -0.25) is 5.43 Å². The van der Waals surface area contributed by atoms with Crippen LogP contribution in [0.4, 0.5) is 14.7 Å². The number of aryl methyl sites for hydroxylation is 1. The third kappa shape index (κ3) is 1.12. The molecular formula is C8H8F2N4. The largest absolute Gasteiger partial charge is 0.310 e. The van der Waals surface area contributed by atoms with Crippen molar-refractivity contribution in [3.63, 3.8) is 0 Å². The van der Waals surface area contributed by atoms with Gasteiger partial charge in [0.05, 0.1) is 5.52 Å². The summed E-state index contributed by atoms with van der Waals surface area (Å²) >= 11 is 0. The highest BCUT2D eigenvalue weighted by Gasteiger charge is 2.12. The fourth-order valence-corrected chi connectivity index (χ4v) is 1.39. The summed E-state index contributed by atoms with van der Waals surface area (Å²) in [5, 5.41) is 0. The van der Waals surface area contributed by atoms with Crippen LogP contribution in [0.2, 0.25) is 0 Å². The summed E-state index contributed by atoms with van der Waals surface area (Å²) in [7, 11) is 1.59. The molecule has 0 amide bonds. The number of nitrogens with two attached hydrogens (primary N) is 1. The van der Waals surface area contributed by atoms with Crippen LogP contribution < -0.4 is 11.3 Å². The van der Waals surface area contributed by atoms with Crippen molar-refractivity contribution < 1.29 is 8.78 Å². The molecule has 0 saturated heterocycles. The monoisotopic (exact) mass is 198 g/mol. The van der Waals surface area contributed by atoms with Crippen molar-refractivity contribution >= 4 is 17.0 Å². The molecule has 14 heavy (non-hydrogen) atoms. The van der Waals surface area contributed by atoms with Gasteiger partial charge in [-0.05, 0) is 0 Å². The summed E-state index contributed by atoms with van der Waals surface area (Å²) < 4.78 is 27.5. The maximum atomic E-state index is 13.3. The Bertz CT molecular complexity index is 492. The maximum Gasteiger partial charge on any atom is 0.218 e. The molecule has 1 heterocycles. The van der Waals surface area contributed by atoms with E-state index in [1.54, 1.807) is 7.05 Å². The van der Waals surface area contributed by atoms with Crippen molar-refractivity contribution in [3.8, 4) is 0 Å². The van der Waals surface area contributed by atoms with Crippen molar-refractivity contribution in [1.82, 2.24) is 9.55 Å². The van der Waals surface area contributed by atoms with Crippen molar-refractivity contribution in [2.45, 2.75) is 0 Å². The fourth-order valence-electron chi connectivity index (χ4n) is 1.39. The van der Waals surface area contributed by atoms with Gasteiger partial charge in [-0.15, -0.1) is 0 Å². The molecule has 0 spiro atoms. The Morgan fingerprint density at radius 2 is 2.14 bits per heavy atom. The third-order valence-electron chi connectivity index (χ3n) is 2.02. The molecule has 6 heteroatoms. The van der Waals surface area contributed by atoms with Crippen LogP contribution in [0.3, 0.4) is 0 Å². The van der Waals surface area contributed by atoms with E-state index in [2.05, 4.69) is 10.4 Å². The molecule has 0 saturated carbocycles. The number of nitrogens with zero attached hydrogens (tertiary/aromatic N) is 2. The first kappa shape index (κ1) is 8.89. The second-order valence-corrected chi connectivity index (χ2v) is 2.89. The molecule has 0 atom stereocenters. The lowest BCUT2D eigenvalue weighted by Crippen LogP contribution is -2.11. The molecule has 0 fully saturated rings. The number of hydrogen-bond acceptors (Lipinski definition) is 3. The van der Waals surface area contributed by atoms with Gasteiger partial charge in [-0.2, -0.15) is 0 Å². The molecular weight excluding hydrogens is 190 g/mol. The summed E-state index contributed by atoms with van der Waals surface area (Å²) in [4.78, 5) is 3.90. The molecule has 4 nitrogen and oxygen atoms in total. The lowest BCUT2D eigenvalue weighted by atomic mass is 10.3. The third-order valence-corrected chi connectivity index (χ3v) is 2.02. The molecule has 1 aromatic carbocycles. The number of hydrazine groups is 1. The maximum absolute atomic E-state index is 13.3. The molecule has 3 N–H and O–H groups in total. The van der Waals surface area contributed by atoms with Gasteiger partial charge in [0.15, 0.2) is 5.82 Å². The summed E-state index contributed by atoms with van der Waals surface area (Å²) in [6, 6.07) is 1.96. The van der Waals surface area contributed by atoms with Gasteiger partial charge in [-0.1, -0.05) is 0 Å². The lowest BCUT2D eigenvalue weighted by Gasteiger charge is -1.99. The fraction of sp³-hybridized carbons (Fsp3) is 0.125. The number of fused-ring (bicyclic) bond motifs is 1. The molecule has 0 unspecified atom stereocenters. The molecule has 2 aromatic rings. The van der Waals surface area contributed by atoms with Crippen molar-refractivity contribution in [2.24, 2.45) is 12.9 Å². The smallest absolute Gasteiger partial charge is 0.218 e. The summed E-state index contributed by atoms with van der Waals surface area (Å²) in [5.41, 5.74) is 2.75. The predicted octanol–water partition coefficient (Wildman–Crippen LogP) is 1.14. The molecule has 0 bridgehead atoms. The number of benzene rings is 1. The van der Waals surface area contributed by atoms with E-state index >= 15 is 0 Å². The summed E-state index contributed by atoms with van der Waals surface area (Å²) in [5.74, 6) is 4.12. The van der Waals surface area contributed by atoms with Crippen LogP contribution in [0.25, 0.3) is 11.0 Å². The van der Waals surface area contributed by atoms with E-state index in [9.17, 15) is 8.78 Å². The SMILES string of the molecule is Cn1c(NN)nc2cc(F)cc(F)c21. The zero-order valence-corrected chi connectivity index (χ0v) is 7.38. The Morgan fingerprint density at radius 1 is 1.43 bits per heavy atom. The molecule has 0 aliphatic rings. The minimum Gasteiger partial charge on any atom is -0.310 e. The van der Waals surface area contributed by atoms with Gasteiger partial charge in [0, 0.05) is 19.2 Å². The van der Waals surface area contributed by atoms with E-state index in [1.165, 1.54) is 4.57 Å². The Labute approximate surface area is 78.3 Å². The van der Waals surface area contributed by atoms with Gasteiger partial charge in [0.25, 0.3) is 0 Å². The van der Waals surface area contributed by atoms with E-state index in [-0.39, 0.29) is 17.0 Å². The van der Waals surface area contributed by atoms with E-state index in [0.29, 0.717) is 0 Å². The molecule has 1 aromatic heterocycles. The van der Waals surface area contributed by atoms with Crippen molar-refractivity contribution in [2.75, 3.05) is 5.43 Å². The molecule has 2 rings (SSSR count). The number of anilines is 1. The van der Waals surface area contributed by atoms with Gasteiger partial charge in [0.2, 0.25) is 5.95 Å². The first-order valence-electron chi connectivity index (χ1n) is 3.91. The molecule has 0 aliphatic carbocycles. The van der Waals surface area contributed by atoms with Gasteiger partial charge < -0.3 is 4.57 Å². The van der Waals surface area contributed by atoms with Crippen molar-refractivity contribution in [3.05, 3.63) is 23.8 Å². The van der Waals surface area contributed by atoms with E-state index in [1.807, 2.05) is 0 Å². The standard InChI is InChI=1S/C8H8F2N4/c1-14-7-5(10)2-4(9)3-6(7)12-8(14)13-11/h2-3H,11H2,1H3,(H,12,13). The minimum atomic E-state index is -0.656. The normalized spacial score (nSPS) is 10.9. The quantitative estimate of drug-likeness (QED) is 0.533. The number of nitrogen functional groups attached to an aromatic ring is 1. The van der Waals surface area contributed by atoms with Crippen LogP contribution in [0, 0.1) is 11.6 Å². The molecule has 0 aliphatic heterocycles. The number of imidazole rings is 1. The van der Waals surface area contributed by atoms with Crippen molar-refractivity contribution in [1.29, 1.82) is 0 Å². The second kappa shape index (κ2) is 2.91. The van der Waals surface area contributed by atoms with Crippen LogP contribution in [-0.4, -0.2) is 9.55 Å². The Morgan fingerprint density at radius 3 is 2.79 bits per heavy atom. The minimum absolute atomic E-state index is 0.222. The highest BCUT2D eigenvalue weighted by Crippen LogP contribution is 2.21. The molecule has 74 valence electrons. The van der Waals surface area contributed by atoms with Gasteiger partial charge >= 0.3 is 0 Å². The lowest BCUT2D eigenvalue weighted by molar-refractivity contribution is 0.588. The van der Waals surface area contributed by atoms with Crippen LogP contribution in [-0.2, 0) is 7.05 Å². The summed E-state index contributed by atoms with van der Waals surface area (Å²) in [6.45, 7) is 0. The average molecular weight is 198 g/mol. The van der Waals surface area contributed by atoms with Crippen LogP contribution in [0.15, 0.2) is 12.1 Å². The predicted molar refractivity (Wildman–Crippen MR) is 48.4 cm³/mol. The highest BCUT2D eigenvalue weighted by molar-refractivity contribution is 5.79. The first-order chi connectivity index (χ1) is 6.63. The highest BCUT2D eigenvalue weighted by atomic mass is 19.1. The number of halogens is 2. The van der Waals surface area contributed by atoms with Crippen LogP contribution >= 0.6 is 0 Å². The number of nitrogens with one attached hydrogen (secondary N) is 1. The van der Waals surface area contributed by atoms with Gasteiger partial charge in [-0.25, -0.2) is 19.6 Å². The van der Waals surface area contributed by atoms with Gasteiger partial charge in [0.1, 0.15) is 11.3 Å². The molecule has 0 radical (unpaired) electrons. The Hall–Kier alpha value is -1.69. The van der Waals surface area contributed by atoms with E-state index < -0.39 is 11.6 Å². The number of rotatable bonds is 1.